The summed E-state index contributed by atoms with van der Waals surface area (Å²) in [5.74, 6) is 0.677. The number of hydrogen-bond donors (Lipinski definition) is 2. The largest absolute Gasteiger partial charge is 0.353 e. The van der Waals surface area contributed by atoms with Gasteiger partial charge in [0.25, 0.3) is 0 Å². The van der Waals surface area contributed by atoms with Crippen LogP contribution in [0.3, 0.4) is 0 Å². The summed E-state index contributed by atoms with van der Waals surface area (Å²) >= 11 is 0. The molecular weight excluding hydrogens is 214 g/mol. The van der Waals surface area contributed by atoms with E-state index in [0.29, 0.717) is 12.5 Å². The molecule has 0 spiro atoms. The predicted octanol–water partition coefficient (Wildman–Crippen LogP) is 0.962. The zero-order valence-electron chi connectivity index (χ0n) is 11.2. The first-order valence-electron chi connectivity index (χ1n) is 6.77. The van der Waals surface area contributed by atoms with Crippen LogP contribution in [0.4, 0.5) is 0 Å². The van der Waals surface area contributed by atoms with Crippen LogP contribution >= 0.6 is 0 Å². The maximum Gasteiger partial charge on any atom is 0.236 e. The van der Waals surface area contributed by atoms with Gasteiger partial charge in [0.15, 0.2) is 0 Å². The monoisotopic (exact) mass is 241 g/mol. The summed E-state index contributed by atoms with van der Waals surface area (Å²) in [7, 11) is 3.99. The van der Waals surface area contributed by atoms with Crippen molar-refractivity contribution < 1.29 is 4.79 Å². The van der Waals surface area contributed by atoms with E-state index < -0.39 is 0 Å². The van der Waals surface area contributed by atoms with Gasteiger partial charge in [-0.25, -0.2) is 0 Å². The van der Waals surface area contributed by atoms with Crippen LogP contribution < -0.4 is 11.1 Å². The molecule has 1 saturated carbocycles. The maximum atomic E-state index is 11.7. The molecule has 1 unspecified atom stereocenters. The predicted molar refractivity (Wildman–Crippen MR) is 70.7 cm³/mol. The van der Waals surface area contributed by atoms with Gasteiger partial charge < -0.3 is 16.0 Å². The quantitative estimate of drug-likeness (QED) is 0.728. The zero-order chi connectivity index (χ0) is 12.7. The molecule has 0 aromatic rings. The molecule has 4 nitrogen and oxygen atoms in total. The summed E-state index contributed by atoms with van der Waals surface area (Å²) in [6.07, 6.45) is 7.31. The molecule has 1 atom stereocenters. The van der Waals surface area contributed by atoms with E-state index in [1.807, 2.05) is 19.0 Å². The van der Waals surface area contributed by atoms with Gasteiger partial charge in [-0.2, -0.15) is 0 Å². The van der Waals surface area contributed by atoms with Crippen molar-refractivity contribution in [3.63, 3.8) is 0 Å². The van der Waals surface area contributed by atoms with Crippen molar-refractivity contribution in [2.45, 2.75) is 44.6 Å². The summed E-state index contributed by atoms with van der Waals surface area (Å²) in [5, 5.41) is 2.90. The Morgan fingerprint density at radius 1 is 1.35 bits per heavy atom. The number of hydrogen-bond acceptors (Lipinski definition) is 3. The lowest BCUT2D eigenvalue weighted by Gasteiger charge is -2.24. The number of nitrogens with two attached hydrogens (primary N) is 1. The zero-order valence-corrected chi connectivity index (χ0v) is 11.2. The van der Waals surface area contributed by atoms with Crippen LogP contribution in [0.2, 0.25) is 0 Å². The van der Waals surface area contributed by atoms with Crippen LogP contribution in [-0.4, -0.2) is 44.0 Å². The van der Waals surface area contributed by atoms with E-state index in [9.17, 15) is 4.79 Å². The van der Waals surface area contributed by atoms with Crippen LogP contribution in [0.25, 0.3) is 0 Å². The van der Waals surface area contributed by atoms with Crippen molar-refractivity contribution in [2.24, 2.45) is 11.7 Å². The second-order valence-electron chi connectivity index (χ2n) is 5.44. The normalized spacial score (nSPS) is 19.3. The number of nitrogens with zero attached hydrogens (tertiary/aromatic N) is 1. The first kappa shape index (κ1) is 14.5. The van der Waals surface area contributed by atoms with E-state index in [4.69, 9.17) is 5.73 Å². The number of nitrogens with one attached hydrogen (secondary N) is 1. The molecule has 0 saturated heterocycles. The average molecular weight is 241 g/mol. The Labute approximate surface area is 105 Å². The summed E-state index contributed by atoms with van der Waals surface area (Å²) in [6, 6.07) is -0.319. The minimum absolute atomic E-state index is 0.0115. The van der Waals surface area contributed by atoms with Crippen molar-refractivity contribution in [1.82, 2.24) is 10.2 Å². The highest BCUT2D eigenvalue weighted by molar-refractivity contribution is 5.81. The Morgan fingerprint density at radius 3 is 2.59 bits per heavy atom. The Morgan fingerprint density at radius 2 is 2.00 bits per heavy atom. The highest BCUT2D eigenvalue weighted by atomic mass is 16.2. The lowest BCUT2D eigenvalue weighted by atomic mass is 9.85. The maximum absolute atomic E-state index is 11.7. The van der Waals surface area contributed by atoms with Crippen LogP contribution in [0.1, 0.15) is 38.5 Å². The van der Waals surface area contributed by atoms with Gasteiger partial charge in [-0.3, -0.25) is 4.79 Å². The smallest absolute Gasteiger partial charge is 0.236 e. The first-order valence-corrected chi connectivity index (χ1v) is 6.77. The van der Waals surface area contributed by atoms with Gasteiger partial charge in [-0.15, -0.1) is 0 Å². The van der Waals surface area contributed by atoms with Crippen molar-refractivity contribution in [2.75, 3.05) is 27.2 Å². The van der Waals surface area contributed by atoms with Gasteiger partial charge in [0.1, 0.15) is 0 Å². The SMILES string of the molecule is CN(C)CCNC(=O)C(N)CC1CCCCC1. The second-order valence-corrected chi connectivity index (χ2v) is 5.44. The Bertz CT molecular complexity index is 225. The molecule has 0 aliphatic heterocycles. The summed E-state index contributed by atoms with van der Waals surface area (Å²) in [4.78, 5) is 13.8. The van der Waals surface area contributed by atoms with E-state index in [1.54, 1.807) is 0 Å². The van der Waals surface area contributed by atoms with E-state index in [2.05, 4.69) is 5.32 Å². The van der Waals surface area contributed by atoms with Gasteiger partial charge in [0.05, 0.1) is 6.04 Å². The molecule has 3 N–H and O–H groups in total. The molecule has 1 amide bonds. The molecule has 1 rings (SSSR count). The molecular formula is C13H27N3O. The Hall–Kier alpha value is -0.610. The molecule has 0 aromatic carbocycles. The molecule has 0 heterocycles. The lowest BCUT2D eigenvalue weighted by molar-refractivity contribution is -0.122. The third-order valence-electron chi connectivity index (χ3n) is 3.51. The van der Waals surface area contributed by atoms with E-state index in [0.717, 1.165) is 13.0 Å². The Balaban J connectivity index is 2.16. The molecule has 1 fully saturated rings. The highest BCUT2D eigenvalue weighted by Crippen LogP contribution is 2.26. The van der Waals surface area contributed by atoms with E-state index in [1.165, 1.54) is 32.1 Å². The van der Waals surface area contributed by atoms with Gasteiger partial charge in [0.2, 0.25) is 5.91 Å². The van der Waals surface area contributed by atoms with Crippen molar-refractivity contribution in [3.05, 3.63) is 0 Å². The molecule has 1 aliphatic rings. The van der Waals surface area contributed by atoms with Crippen molar-refractivity contribution >= 4 is 5.91 Å². The molecule has 0 radical (unpaired) electrons. The third-order valence-corrected chi connectivity index (χ3v) is 3.51. The van der Waals surface area contributed by atoms with Gasteiger partial charge in [-0.05, 0) is 26.4 Å². The molecule has 0 bridgehead atoms. The van der Waals surface area contributed by atoms with Crippen LogP contribution in [0.5, 0.6) is 0 Å². The topological polar surface area (TPSA) is 58.4 Å². The second kappa shape index (κ2) is 7.67. The number of carbonyl (C=O) groups excluding carboxylic acids is 1. The first-order chi connectivity index (χ1) is 8.09. The standard InChI is InChI=1S/C13H27N3O/c1-16(2)9-8-15-13(17)12(14)10-11-6-4-3-5-7-11/h11-12H,3-10,14H2,1-2H3,(H,15,17). The fourth-order valence-electron chi connectivity index (χ4n) is 2.42. The molecule has 4 heteroatoms. The fourth-order valence-corrected chi connectivity index (χ4v) is 2.42. The van der Waals surface area contributed by atoms with Gasteiger partial charge >= 0.3 is 0 Å². The van der Waals surface area contributed by atoms with Gasteiger partial charge in [-0.1, -0.05) is 32.1 Å². The summed E-state index contributed by atoms with van der Waals surface area (Å²) < 4.78 is 0. The van der Waals surface area contributed by atoms with Crippen LogP contribution in [0, 0.1) is 5.92 Å². The average Bonchev–Trinajstić information content (AvgIpc) is 2.29. The number of rotatable bonds is 6. The minimum Gasteiger partial charge on any atom is -0.353 e. The molecule has 100 valence electrons. The molecule has 17 heavy (non-hydrogen) atoms. The Kier molecular flexibility index (Phi) is 6.52. The summed E-state index contributed by atoms with van der Waals surface area (Å²) in [5.41, 5.74) is 5.94. The fraction of sp³-hybridized carbons (Fsp3) is 0.923. The van der Waals surface area contributed by atoms with E-state index >= 15 is 0 Å². The van der Waals surface area contributed by atoms with Crippen molar-refractivity contribution in [1.29, 1.82) is 0 Å². The molecule has 1 aliphatic carbocycles. The van der Waals surface area contributed by atoms with Gasteiger partial charge in [0, 0.05) is 13.1 Å². The summed E-state index contributed by atoms with van der Waals surface area (Å²) in [6.45, 7) is 1.55. The van der Waals surface area contributed by atoms with E-state index in [-0.39, 0.29) is 11.9 Å². The lowest BCUT2D eigenvalue weighted by Crippen LogP contribution is -2.43. The number of carbonyl (C=O) groups is 1. The minimum atomic E-state index is -0.319. The van der Waals surface area contributed by atoms with Crippen molar-refractivity contribution in [3.8, 4) is 0 Å². The van der Waals surface area contributed by atoms with Crippen LogP contribution in [0.15, 0.2) is 0 Å². The highest BCUT2D eigenvalue weighted by Gasteiger charge is 2.20. The number of amides is 1. The third kappa shape index (κ3) is 6.03. The van der Waals surface area contributed by atoms with Crippen LogP contribution in [-0.2, 0) is 4.79 Å². The number of likely N-dealkylation sites (N-methyl/N-ethyl adjacent to an activating group) is 1. The molecule has 0 aromatic heterocycles.